The Kier molecular flexibility index (Phi) is 7.27. The second kappa shape index (κ2) is 7.78. The van der Waals surface area contributed by atoms with E-state index >= 15 is 0 Å². The largest absolute Gasteiger partial charge is 0.299 e. The summed E-state index contributed by atoms with van der Waals surface area (Å²) >= 11 is 0. The molecule has 13 heavy (non-hydrogen) atoms. The van der Waals surface area contributed by atoms with Crippen molar-refractivity contribution in [2.45, 2.75) is 40.0 Å². The molecule has 0 saturated carbocycles. The van der Waals surface area contributed by atoms with Crippen molar-refractivity contribution in [2.75, 3.05) is 0 Å². The van der Waals surface area contributed by atoms with E-state index in [2.05, 4.69) is 26.8 Å². The highest BCUT2D eigenvalue weighted by atomic mass is 16.1. The fourth-order valence-corrected chi connectivity index (χ4v) is 1.14. The number of hydrogen-bond acceptors (Lipinski definition) is 1. The summed E-state index contributed by atoms with van der Waals surface area (Å²) in [6, 6.07) is 0. The monoisotopic (exact) mass is 180 g/mol. The molecule has 0 aromatic carbocycles. The zero-order chi connectivity index (χ0) is 10.1. The SMILES string of the molecule is CC(C)=CCC[C@H](C)CC=CC=O. The second-order valence-electron chi connectivity index (χ2n) is 3.76. The highest BCUT2D eigenvalue weighted by Gasteiger charge is 1.97. The van der Waals surface area contributed by atoms with Crippen molar-refractivity contribution in [3.05, 3.63) is 23.8 Å². The van der Waals surface area contributed by atoms with Crippen molar-refractivity contribution in [3.63, 3.8) is 0 Å². The Labute approximate surface area is 81.5 Å². The Bertz CT molecular complexity index is 185. The normalized spacial score (nSPS) is 12.8. The van der Waals surface area contributed by atoms with Gasteiger partial charge in [0.05, 0.1) is 0 Å². The van der Waals surface area contributed by atoms with Gasteiger partial charge in [-0.1, -0.05) is 24.6 Å². The molecule has 0 unspecified atom stereocenters. The minimum absolute atomic E-state index is 0.673. The van der Waals surface area contributed by atoms with Gasteiger partial charge in [-0.15, -0.1) is 0 Å². The van der Waals surface area contributed by atoms with Gasteiger partial charge in [0.15, 0.2) is 0 Å². The Hall–Kier alpha value is -0.850. The molecule has 1 nitrogen and oxygen atoms in total. The molecule has 0 aromatic rings. The zero-order valence-corrected chi connectivity index (χ0v) is 8.92. The summed E-state index contributed by atoms with van der Waals surface area (Å²) < 4.78 is 0. The lowest BCUT2D eigenvalue weighted by Crippen LogP contribution is -1.91. The van der Waals surface area contributed by atoms with Crippen LogP contribution in [0.2, 0.25) is 0 Å². The van der Waals surface area contributed by atoms with E-state index < -0.39 is 0 Å². The van der Waals surface area contributed by atoms with Crippen LogP contribution in [0.3, 0.4) is 0 Å². The molecule has 0 bridgehead atoms. The molecule has 0 spiro atoms. The topological polar surface area (TPSA) is 17.1 Å². The highest BCUT2D eigenvalue weighted by Crippen LogP contribution is 2.11. The number of aldehydes is 1. The van der Waals surface area contributed by atoms with Gasteiger partial charge >= 0.3 is 0 Å². The van der Waals surface area contributed by atoms with Crippen LogP contribution >= 0.6 is 0 Å². The summed E-state index contributed by atoms with van der Waals surface area (Å²) in [6.45, 7) is 6.46. The Balaban J connectivity index is 3.51. The van der Waals surface area contributed by atoms with Gasteiger partial charge in [-0.05, 0) is 45.1 Å². The summed E-state index contributed by atoms with van der Waals surface area (Å²) in [7, 11) is 0. The van der Waals surface area contributed by atoms with E-state index in [1.54, 1.807) is 6.08 Å². The summed E-state index contributed by atoms with van der Waals surface area (Å²) in [5.41, 5.74) is 1.38. The van der Waals surface area contributed by atoms with Crippen molar-refractivity contribution in [2.24, 2.45) is 5.92 Å². The lowest BCUT2D eigenvalue weighted by molar-refractivity contribution is -0.104. The fourth-order valence-electron chi connectivity index (χ4n) is 1.14. The average Bonchev–Trinajstić information content (AvgIpc) is 2.04. The van der Waals surface area contributed by atoms with Crippen LogP contribution in [0.25, 0.3) is 0 Å². The molecule has 0 radical (unpaired) electrons. The van der Waals surface area contributed by atoms with Crippen molar-refractivity contribution in [1.29, 1.82) is 0 Å². The molecule has 0 aliphatic carbocycles. The quantitative estimate of drug-likeness (QED) is 0.347. The van der Waals surface area contributed by atoms with Crippen LogP contribution in [0.1, 0.15) is 40.0 Å². The Morgan fingerprint density at radius 3 is 2.62 bits per heavy atom. The minimum atomic E-state index is 0.673. The average molecular weight is 180 g/mol. The Morgan fingerprint density at radius 1 is 1.38 bits per heavy atom. The molecule has 0 aromatic heterocycles. The van der Waals surface area contributed by atoms with Crippen molar-refractivity contribution >= 4 is 6.29 Å². The minimum Gasteiger partial charge on any atom is -0.299 e. The van der Waals surface area contributed by atoms with Gasteiger partial charge in [-0.3, -0.25) is 4.79 Å². The van der Waals surface area contributed by atoms with Gasteiger partial charge < -0.3 is 0 Å². The smallest absolute Gasteiger partial charge is 0.142 e. The van der Waals surface area contributed by atoms with Crippen LogP contribution in [0.5, 0.6) is 0 Å². The molecule has 0 N–H and O–H groups in total. The van der Waals surface area contributed by atoms with Gasteiger partial charge in [-0.2, -0.15) is 0 Å². The number of rotatable bonds is 6. The zero-order valence-electron chi connectivity index (χ0n) is 8.92. The van der Waals surface area contributed by atoms with E-state index in [1.165, 1.54) is 12.0 Å². The van der Waals surface area contributed by atoms with Crippen LogP contribution in [0.15, 0.2) is 23.8 Å². The Morgan fingerprint density at radius 2 is 2.08 bits per heavy atom. The molecule has 0 heterocycles. The van der Waals surface area contributed by atoms with Crippen LogP contribution in [-0.4, -0.2) is 6.29 Å². The number of allylic oxidation sites excluding steroid dienone is 4. The van der Waals surface area contributed by atoms with E-state index in [9.17, 15) is 4.79 Å². The number of hydrogen-bond donors (Lipinski definition) is 0. The van der Waals surface area contributed by atoms with Gasteiger partial charge in [0.1, 0.15) is 6.29 Å². The van der Waals surface area contributed by atoms with Crippen molar-refractivity contribution in [3.8, 4) is 0 Å². The first-order chi connectivity index (χ1) is 6.16. The maximum atomic E-state index is 9.99. The first-order valence-corrected chi connectivity index (χ1v) is 4.90. The molecule has 74 valence electrons. The molecule has 0 saturated heterocycles. The molecular weight excluding hydrogens is 160 g/mol. The van der Waals surface area contributed by atoms with E-state index in [0.29, 0.717) is 5.92 Å². The maximum absolute atomic E-state index is 9.99. The summed E-state index contributed by atoms with van der Waals surface area (Å²) in [6.07, 6.45) is 9.99. The summed E-state index contributed by atoms with van der Waals surface area (Å²) in [5.74, 6) is 0.673. The third-order valence-corrected chi connectivity index (χ3v) is 1.97. The predicted octanol–water partition coefficient (Wildman–Crippen LogP) is 3.51. The molecule has 1 atom stereocenters. The molecule has 0 aliphatic rings. The third kappa shape index (κ3) is 9.06. The molecule has 0 aliphatic heterocycles. The van der Waals surface area contributed by atoms with E-state index in [0.717, 1.165) is 19.1 Å². The van der Waals surface area contributed by atoms with Gasteiger partial charge in [0, 0.05) is 0 Å². The van der Waals surface area contributed by atoms with Gasteiger partial charge in [-0.25, -0.2) is 0 Å². The molecule has 0 fully saturated rings. The first-order valence-electron chi connectivity index (χ1n) is 4.90. The molecule has 0 rings (SSSR count). The number of carbonyl (C=O) groups is 1. The lowest BCUT2D eigenvalue weighted by atomic mass is 10.0. The first kappa shape index (κ1) is 12.2. The second-order valence-corrected chi connectivity index (χ2v) is 3.76. The third-order valence-electron chi connectivity index (χ3n) is 1.97. The molecule has 0 amide bonds. The standard InChI is InChI=1S/C12H20O/c1-11(2)7-6-9-12(3)8-4-5-10-13/h4-5,7,10,12H,6,8-9H2,1-3H3/t12-/m1/s1. The van der Waals surface area contributed by atoms with Gasteiger partial charge in [0.25, 0.3) is 0 Å². The molecule has 1 heteroatoms. The highest BCUT2D eigenvalue weighted by molar-refractivity contribution is 5.64. The van der Waals surface area contributed by atoms with E-state index in [1.807, 2.05) is 6.08 Å². The van der Waals surface area contributed by atoms with Crippen LogP contribution in [0.4, 0.5) is 0 Å². The van der Waals surface area contributed by atoms with Crippen LogP contribution < -0.4 is 0 Å². The van der Waals surface area contributed by atoms with Crippen LogP contribution in [0, 0.1) is 5.92 Å². The molecular formula is C12H20O. The summed E-state index contributed by atoms with van der Waals surface area (Å²) in [5, 5.41) is 0. The van der Waals surface area contributed by atoms with Crippen molar-refractivity contribution in [1.82, 2.24) is 0 Å². The predicted molar refractivity (Wildman–Crippen MR) is 57.7 cm³/mol. The van der Waals surface area contributed by atoms with E-state index in [-0.39, 0.29) is 0 Å². The number of carbonyl (C=O) groups excluding carboxylic acids is 1. The van der Waals surface area contributed by atoms with Crippen molar-refractivity contribution < 1.29 is 4.79 Å². The van der Waals surface area contributed by atoms with Crippen LogP contribution in [-0.2, 0) is 4.79 Å². The maximum Gasteiger partial charge on any atom is 0.142 e. The van der Waals surface area contributed by atoms with Gasteiger partial charge in [0.2, 0.25) is 0 Å². The van der Waals surface area contributed by atoms with E-state index in [4.69, 9.17) is 0 Å². The summed E-state index contributed by atoms with van der Waals surface area (Å²) in [4.78, 5) is 9.99. The fraction of sp³-hybridized carbons (Fsp3) is 0.583. The lowest BCUT2D eigenvalue weighted by Gasteiger charge is -2.05.